The standard InChI is InChI=1S/C12H24BrNO3S/c1-10-8-14(9-11(7-13)17-10)18(15,16)6-5-12(2,3)4/h10-11H,5-9H2,1-4H3. The van der Waals surface area contributed by atoms with Gasteiger partial charge in [0.25, 0.3) is 0 Å². The Morgan fingerprint density at radius 1 is 1.33 bits per heavy atom. The SMILES string of the molecule is CC1CN(S(=O)(=O)CCC(C)(C)C)CC(CBr)O1. The number of rotatable bonds is 4. The van der Waals surface area contributed by atoms with E-state index in [0.717, 1.165) is 0 Å². The highest BCUT2D eigenvalue weighted by atomic mass is 79.9. The van der Waals surface area contributed by atoms with E-state index in [9.17, 15) is 8.42 Å². The molecule has 1 rings (SSSR count). The van der Waals surface area contributed by atoms with Gasteiger partial charge in [-0.3, -0.25) is 0 Å². The number of alkyl halides is 1. The molecule has 108 valence electrons. The summed E-state index contributed by atoms with van der Waals surface area (Å²) >= 11 is 3.36. The molecule has 0 aromatic rings. The van der Waals surface area contributed by atoms with E-state index in [1.807, 2.05) is 6.92 Å². The molecule has 0 aromatic carbocycles. The Bertz CT molecular complexity index is 364. The van der Waals surface area contributed by atoms with Gasteiger partial charge in [0.15, 0.2) is 0 Å². The highest BCUT2D eigenvalue weighted by molar-refractivity contribution is 9.09. The summed E-state index contributed by atoms with van der Waals surface area (Å²) in [6.07, 6.45) is 0.601. The molecule has 6 heteroatoms. The first-order chi connectivity index (χ1) is 8.14. The molecule has 0 bridgehead atoms. The van der Waals surface area contributed by atoms with Gasteiger partial charge >= 0.3 is 0 Å². The first kappa shape index (κ1) is 16.4. The molecule has 0 saturated carbocycles. The maximum absolute atomic E-state index is 12.3. The number of ether oxygens (including phenoxy) is 1. The minimum atomic E-state index is -3.16. The van der Waals surface area contributed by atoms with Crippen LogP contribution in [0.3, 0.4) is 0 Å². The molecular weight excluding hydrogens is 318 g/mol. The minimum Gasteiger partial charge on any atom is -0.372 e. The summed E-state index contributed by atoms with van der Waals surface area (Å²) in [4.78, 5) is 0. The van der Waals surface area contributed by atoms with E-state index in [4.69, 9.17) is 4.74 Å². The number of nitrogens with zero attached hydrogens (tertiary/aromatic N) is 1. The largest absolute Gasteiger partial charge is 0.372 e. The number of hydrogen-bond acceptors (Lipinski definition) is 3. The fourth-order valence-electron chi connectivity index (χ4n) is 1.88. The van der Waals surface area contributed by atoms with Crippen molar-refractivity contribution in [3.8, 4) is 0 Å². The second kappa shape index (κ2) is 6.20. The van der Waals surface area contributed by atoms with Crippen LogP contribution in [0.1, 0.15) is 34.1 Å². The first-order valence-corrected chi connectivity index (χ1v) is 9.06. The van der Waals surface area contributed by atoms with Crippen LogP contribution >= 0.6 is 15.9 Å². The van der Waals surface area contributed by atoms with Crippen molar-refractivity contribution >= 4 is 26.0 Å². The van der Waals surface area contributed by atoms with Gasteiger partial charge in [-0.25, -0.2) is 8.42 Å². The number of halogens is 1. The van der Waals surface area contributed by atoms with Gasteiger partial charge in [-0.05, 0) is 18.8 Å². The lowest BCUT2D eigenvalue weighted by atomic mass is 9.94. The summed E-state index contributed by atoms with van der Waals surface area (Å²) in [5, 5.41) is 0.669. The Kier molecular flexibility index (Phi) is 5.65. The molecule has 1 heterocycles. The van der Waals surface area contributed by atoms with Gasteiger partial charge in [0.1, 0.15) is 0 Å². The Morgan fingerprint density at radius 3 is 2.44 bits per heavy atom. The molecule has 2 unspecified atom stereocenters. The molecule has 2 atom stereocenters. The molecule has 0 amide bonds. The van der Waals surface area contributed by atoms with Crippen molar-refractivity contribution in [1.29, 1.82) is 0 Å². The Hall–Kier alpha value is 0.350. The van der Waals surface area contributed by atoms with Gasteiger partial charge in [-0.1, -0.05) is 36.7 Å². The molecule has 1 fully saturated rings. The van der Waals surface area contributed by atoms with Crippen LogP contribution in [0.15, 0.2) is 0 Å². The smallest absolute Gasteiger partial charge is 0.214 e. The summed E-state index contributed by atoms with van der Waals surface area (Å²) in [6.45, 7) is 9.03. The van der Waals surface area contributed by atoms with Crippen molar-refractivity contribution in [2.45, 2.75) is 46.3 Å². The molecule has 0 N–H and O–H groups in total. The van der Waals surface area contributed by atoms with Crippen LogP contribution in [-0.4, -0.2) is 49.1 Å². The van der Waals surface area contributed by atoms with Crippen LogP contribution in [-0.2, 0) is 14.8 Å². The van der Waals surface area contributed by atoms with Crippen molar-refractivity contribution < 1.29 is 13.2 Å². The van der Waals surface area contributed by atoms with Crippen molar-refractivity contribution in [2.24, 2.45) is 5.41 Å². The summed E-state index contributed by atoms with van der Waals surface area (Å²) in [5.74, 6) is 0.220. The van der Waals surface area contributed by atoms with Crippen molar-refractivity contribution in [2.75, 3.05) is 24.2 Å². The van der Waals surface area contributed by atoms with E-state index in [0.29, 0.717) is 24.8 Å². The van der Waals surface area contributed by atoms with Gasteiger partial charge in [0.05, 0.1) is 18.0 Å². The molecule has 0 radical (unpaired) electrons. The molecule has 1 aliphatic heterocycles. The second-order valence-corrected chi connectivity index (χ2v) is 8.90. The van der Waals surface area contributed by atoms with E-state index >= 15 is 0 Å². The molecule has 4 nitrogen and oxygen atoms in total. The topological polar surface area (TPSA) is 46.6 Å². The quantitative estimate of drug-likeness (QED) is 0.736. The van der Waals surface area contributed by atoms with Gasteiger partial charge in [0, 0.05) is 18.4 Å². The third-order valence-corrected chi connectivity index (χ3v) is 5.50. The number of sulfonamides is 1. The van der Waals surface area contributed by atoms with Crippen molar-refractivity contribution in [3.05, 3.63) is 0 Å². The van der Waals surface area contributed by atoms with Gasteiger partial charge in [-0.2, -0.15) is 4.31 Å². The van der Waals surface area contributed by atoms with E-state index in [1.165, 1.54) is 0 Å². The zero-order valence-electron chi connectivity index (χ0n) is 11.6. The molecule has 0 aromatic heterocycles. The fourth-order valence-corrected chi connectivity index (χ4v) is 4.20. The summed E-state index contributed by atoms with van der Waals surface area (Å²) in [7, 11) is -3.16. The second-order valence-electron chi connectivity index (χ2n) is 6.17. The maximum Gasteiger partial charge on any atom is 0.214 e. The van der Waals surface area contributed by atoms with Gasteiger partial charge in [0.2, 0.25) is 10.0 Å². The van der Waals surface area contributed by atoms with Crippen LogP contribution in [0.25, 0.3) is 0 Å². The predicted octanol–water partition coefficient (Wildman–Crippen LogP) is 2.24. The average molecular weight is 342 g/mol. The zero-order chi connectivity index (χ0) is 14.0. The molecular formula is C12H24BrNO3S. The molecule has 1 aliphatic rings. The van der Waals surface area contributed by atoms with Crippen LogP contribution in [0.2, 0.25) is 0 Å². The number of hydrogen-bond donors (Lipinski definition) is 0. The van der Waals surface area contributed by atoms with Crippen LogP contribution in [0, 0.1) is 5.41 Å². The lowest BCUT2D eigenvalue weighted by Crippen LogP contribution is -2.50. The molecule has 18 heavy (non-hydrogen) atoms. The van der Waals surface area contributed by atoms with Crippen LogP contribution in [0.5, 0.6) is 0 Å². The third kappa shape index (κ3) is 5.15. The van der Waals surface area contributed by atoms with Gasteiger partial charge in [-0.15, -0.1) is 0 Å². The van der Waals surface area contributed by atoms with Gasteiger partial charge < -0.3 is 4.74 Å². The van der Waals surface area contributed by atoms with E-state index in [-0.39, 0.29) is 23.4 Å². The first-order valence-electron chi connectivity index (χ1n) is 6.33. The average Bonchev–Trinajstić information content (AvgIpc) is 2.25. The van der Waals surface area contributed by atoms with E-state index in [2.05, 4.69) is 36.7 Å². The van der Waals surface area contributed by atoms with E-state index < -0.39 is 10.0 Å². The third-order valence-electron chi connectivity index (χ3n) is 2.97. The van der Waals surface area contributed by atoms with Crippen molar-refractivity contribution in [3.63, 3.8) is 0 Å². The van der Waals surface area contributed by atoms with E-state index in [1.54, 1.807) is 4.31 Å². The van der Waals surface area contributed by atoms with Crippen LogP contribution in [0.4, 0.5) is 0 Å². The Balaban J connectivity index is 2.66. The molecule has 0 aliphatic carbocycles. The Labute approximate surface area is 119 Å². The Morgan fingerprint density at radius 2 is 1.94 bits per heavy atom. The minimum absolute atomic E-state index is 0.0364. The number of morpholine rings is 1. The summed E-state index contributed by atoms with van der Waals surface area (Å²) < 4.78 is 31.8. The lowest BCUT2D eigenvalue weighted by molar-refractivity contribution is -0.0411. The van der Waals surface area contributed by atoms with Crippen LogP contribution < -0.4 is 0 Å². The summed E-state index contributed by atoms with van der Waals surface area (Å²) in [5.41, 5.74) is 0.0415. The highest BCUT2D eigenvalue weighted by Gasteiger charge is 2.32. The highest BCUT2D eigenvalue weighted by Crippen LogP contribution is 2.22. The monoisotopic (exact) mass is 341 g/mol. The normalized spacial score (nSPS) is 27.4. The lowest BCUT2D eigenvalue weighted by Gasteiger charge is -2.35. The zero-order valence-corrected chi connectivity index (χ0v) is 14.1. The maximum atomic E-state index is 12.3. The fraction of sp³-hybridized carbons (Fsp3) is 1.00. The van der Waals surface area contributed by atoms with Crippen molar-refractivity contribution in [1.82, 2.24) is 4.31 Å². The molecule has 0 spiro atoms. The predicted molar refractivity (Wildman–Crippen MR) is 77.6 cm³/mol. The molecule has 1 saturated heterocycles. The summed E-state index contributed by atoms with van der Waals surface area (Å²) in [6, 6.07) is 0.